The summed E-state index contributed by atoms with van der Waals surface area (Å²) in [7, 11) is -1.42. The molecule has 1 atom stereocenters. The minimum atomic E-state index is -3.53. The first kappa shape index (κ1) is 22.2. The molecule has 2 fully saturated rings. The summed E-state index contributed by atoms with van der Waals surface area (Å²) in [5.41, 5.74) is 2.64. The Morgan fingerprint density at radius 1 is 1.14 bits per heavy atom. The molecule has 1 saturated carbocycles. The molecule has 0 radical (unpaired) electrons. The summed E-state index contributed by atoms with van der Waals surface area (Å²) in [6, 6.07) is 4.82. The van der Waals surface area contributed by atoms with Gasteiger partial charge in [-0.3, -0.25) is 9.69 Å². The van der Waals surface area contributed by atoms with E-state index in [4.69, 9.17) is 0 Å². The van der Waals surface area contributed by atoms with Crippen molar-refractivity contribution in [1.82, 2.24) is 14.5 Å². The molecular weight excluding hydrogens is 386 g/mol. The lowest BCUT2D eigenvalue weighted by Gasteiger charge is -2.32. The largest absolute Gasteiger partial charge is 0.354 e. The van der Waals surface area contributed by atoms with Crippen LogP contribution in [-0.4, -0.2) is 62.3 Å². The van der Waals surface area contributed by atoms with Gasteiger partial charge in [-0.2, -0.15) is 4.31 Å². The quantitative estimate of drug-likeness (QED) is 0.735. The Morgan fingerprint density at radius 3 is 2.21 bits per heavy atom. The van der Waals surface area contributed by atoms with E-state index in [1.807, 2.05) is 32.9 Å². The molecule has 0 bridgehead atoms. The number of nitrogens with zero attached hydrogens (tertiary/aromatic N) is 2. The van der Waals surface area contributed by atoms with Gasteiger partial charge in [0.2, 0.25) is 15.9 Å². The van der Waals surface area contributed by atoms with Gasteiger partial charge in [0.15, 0.2) is 0 Å². The molecule has 1 aromatic carbocycles. The lowest BCUT2D eigenvalue weighted by Crippen LogP contribution is -2.46. The minimum absolute atomic E-state index is 0.0563. The van der Waals surface area contributed by atoms with Gasteiger partial charge in [-0.15, -0.1) is 0 Å². The standard InChI is InChI=1S/C22H35N3O3S/c1-15-12-16(2)21(17(3)13-15)29(27,28)25-10-8-19(9-11-25)22(26)23-14-18(4)24(5)20-6-7-20/h12-13,18-20H,6-11,14H2,1-5H3,(H,23,26). The Hall–Kier alpha value is -1.44. The molecule has 1 unspecified atom stereocenters. The van der Waals surface area contributed by atoms with Crippen molar-refractivity contribution in [2.75, 3.05) is 26.7 Å². The lowest BCUT2D eigenvalue weighted by molar-refractivity contribution is -0.126. The molecule has 1 aromatic rings. The van der Waals surface area contributed by atoms with E-state index in [9.17, 15) is 13.2 Å². The topological polar surface area (TPSA) is 69.7 Å². The number of piperidine rings is 1. The average molecular weight is 422 g/mol. The zero-order valence-corrected chi connectivity index (χ0v) is 19.2. The number of carbonyl (C=O) groups excluding carboxylic acids is 1. The van der Waals surface area contributed by atoms with Crippen molar-refractivity contribution in [3.05, 3.63) is 28.8 Å². The van der Waals surface area contributed by atoms with Gasteiger partial charge in [0.1, 0.15) is 0 Å². The third kappa shape index (κ3) is 5.01. The van der Waals surface area contributed by atoms with E-state index in [2.05, 4.69) is 24.2 Å². The van der Waals surface area contributed by atoms with Gasteiger partial charge in [-0.05, 0) is 71.6 Å². The number of sulfonamides is 1. The number of benzene rings is 1. The number of hydrogen-bond acceptors (Lipinski definition) is 4. The molecule has 1 aliphatic heterocycles. The van der Waals surface area contributed by atoms with Crippen LogP contribution in [0, 0.1) is 26.7 Å². The fourth-order valence-corrected chi connectivity index (χ4v) is 6.32. The van der Waals surface area contributed by atoms with Crippen LogP contribution < -0.4 is 5.32 Å². The maximum Gasteiger partial charge on any atom is 0.243 e. The summed E-state index contributed by atoms with van der Waals surface area (Å²) >= 11 is 0. The average Bonchev–Trinajstić information content (AvgIpc) is 3.49. The molecular formula is C22H35N3O3S. The normalized spacial score (nSPS) is 20.1. The first-order valence-electron chi connectivity index (χ1n) is 10.7. The van der Waals surface area contributed by atoms with E-state index in [1.165, 1.54) is 12.8 Å². The van der Waals surface area contributed by atoms with Crippen LogP contribution >= 0.6 is 0 Å². The molecule has 6 nitrogen and oxygen atoms in total. The Labute approximate surface area is 175 Å². The van der Waals surface area contributed by atoms with Crippen LogP contribution in [0.4, 0.5) is 0 Å². The van der Waals surface area contributed by atoms with Gasteiger partial charge in [-0.1, -0.05) is 17.7 Å². The second-order valence-corrected chi connectivity index (χ2v) is 10.8. The van der Waals surface area contributed by atoms with Gasteiger partial charge in [-0.25, -0.2) is 8.42 Å². The molecule has 1 N–H and O–H groups in total. The lowest BCUT2D eigenvalue weighted by atomic mass is 9.97. The highest BCUT2D eigenvalue weighted by Gasteiger charge is 2.34. The Bertz CT molecular complexity index is 833. The van der Waals surface area contributed by atoms with Crippen LogP contribution in [0.2, 0.25) is 0 Å². The fourth-order valence-electron chi connectivity index (χ4n) is 4.44. The van der Waals surface area contributed by atoms with Crippen LogP contribution in [-0.2, 0) is 14.8 Å². The number of hydrogen-bond donors (Lipinski definition) is 1. The van der Waals surface area contributed by atoms with Crippen molar-refractivity contribution in [3.63, 3.8) is 0 Å². The molecule has 162 valence electrons. The van der Waals surface area contributed by atoms with Crippen molar-refractivity contribution in [3.8, 4) is 0 Å². The van der Waals surface area contributed by atoms with E-state index in [0.717, 1.165) is 16.7 Å². The van der Waals surface area contributed by atoms with E-state index in [0.29, 0.717) is 49.5 Å². The minimum Gasteiger partial charge on any atom is -0.354 e. The maximum absolute atomic E-state index is 13.2. The van der Waals surface area contributed by atoms with Gasteiger partial charge in [0, 0.05) is 37.6 Å². The smallest absolute Gasteiger partial charge is 0.243 e. The molecule has 1 saturated heterocycles. The second-order valence-electron chi connectivity index (χ2n) is 8.90. The highest BCUT2D eigenvalue weighted by atomic mass is 32.2. The van der Waals surface area contributed by atoms with Gasteiger partial charge < -0.3 is 5.32 Å². The first-order valence-corrected chi connectivity index (χ1v) is 12.1. The molecule has 1 heterocycles. The van der Waals surface area contributed by atoms with Crippen LogP contribution in [0.1, 0.15) is 49.3 Å². The summed E-state index contributed by atoms with van der Waals surface area (Å²) in [5.74, 6) is -0.0547. The van der Waals surface area contributed by atoms with E-state index < -0.39 is 10.0 Å². The Kier molecular flexibility index (Phi) is 6.70. The SMILES string of the molecule is Cc1cc(C)c(S(=O)(=O)N2CCC(C(=O)NCC(C)N(C)C3CC3)CC2)c(C)c1. The zero-order chi connectivity index (χ0) is 21.3. The van der Waals surface area contributed by atoms with Gasteiger partial charge in [0.05, 0.1) is 4.90 Å². The summed E-state index contributed by atoms with van der Waals surface area (Å²) < 4.78 is 27.9. The monoisotopic (exact) mass is 421 g/mol. The van der Waals surface area contributed by atoms with Gasteiger partial charge >= 0.3 is 0 Å². The summed E-state index contributed by atoms with van der Waals surface area (Å²) in [5, 5.41) is 3.08. The number of nitrogens with one attached hydrogen (secondary N) is 1. The maximum atomic E-state index is 13.2. The summed E-state index contributed by atoms with van der Waals surface area (Å²) in [6.45, 7) is 9.26. The molecule has 3 rings (SSSR count). The third-order valence-corrected chi connectivity index (χ3v) is 8.62. The second kappa shape index (κ2) is 8.74. The molecule has 0 spiro atoms. The predicted octanol–water partition coefficient (Wildman–Crippen LogP) is 2.61. The van der Waals surface area contributed by atoms with Crippen LogP contribution in [0.25, 0.3) is 0 Å². The molecule has 1 aliphatic carbocycles. The summed E-state index contributed by atoms with van der Waals surface area (Å²) in [4.78, 5) is 15.3. The number of carbonyl (C=O) groups is 1. The van der Waals surface area contributed by atoms with E-state index in [-0.39, 0.29) is 11.8 Å². The van der Waals surface area contributed by atoms with Crippen molar-refractivity contribution >= 4 is 15.9 Å². The van der Waals surface area contributed by atoms with Crippen molar-refractivity contribution in [1.29, 1.82) is 0 Å². The van der Waals surface area contributed by atoms with Crippen molar-refractivity contribution < 1.29 is 13.2 Å². The first-order chi connectivity index (χ1) is 13.6. The van der Waals surface area contributed by atoms with Crippen molar-refractivity contribution in [2.24, 2.45) is 5.92 Å². The summed E-state index contributed by atoms with van der Waals surface area (Å²) in [6.07, 6.45) is 3.65. The molecule has 29 heavy (non-hydrogen) atoms. The Morgan fingerprint density at radius 2 is 1.69 bits per heavy atom. The molecule has 7 heteroatoms. The number of aryl methyl sites for hydroxylation is 3. The number of rotatable bonds is 7. The number of amides is 1. The van der Waals surface area contributed by atoms with Crippen LogP contribution in [0.5, 0.6) is 0 Å². The van der Waals surface area contributed by atoms with Crippen molar-refractivity contribution in [2.45, 2.75) is 70.4 Å². The zero-order valence-electron chi connectivity index (χ0n) is 18.4. The van der Waals surface area contributed by atoms with Crippen LogP contribution in [0.3, 0.4) is 0 Å². The van der Waals surface area contributed by atoms with Crippen LogP contribution in [0.15, 0.2) is 17.0 Å². The Balaban J connectivity index is 1.56. The predicted molar refractivity (Wildman–Crippen MR) is 115 cm³/mol. The molecule has 1 amide bonds. The molecule has 2 aliphatic rings. The highest BCUT2D eigenvalue weighted by molar-refractivity contribution is 7.89. The van der Waals surface area contributed by atoms with Gasteiger partial charge in [0.25, 0.3) is 0 Å². The number of likely N-dealkylation sites (N-methyl/N-ethyl adjacent to an activating group) is 1. The van der Waals surface area contributed by atoms with E-state index in [1.54, 1.807) is 4.31 Å². The highest BCUT2D eigenvalue weighted by Crippen LogP contribution is 2.29. The fraction of sp³-hybridized carbons (Fsp3) is 0.682. The third-order valence-electron chi connectivity index (χ3n) is 6.42. The van der Waals surface area contributed by atoms with E-state index >= 15 is 0 Å². The molecule has 0 aromatic heterocycles.